The first-order valence-corrected chi connectivity index (χ1v) is 8.40. The van der Waals surface area contributed by atoms with Crippen LogP contribution in [0.1, 0.15) is 24.7 Å². The number of benzene rings is 1. The summed E-state index contributed by atoms with van der Waals surface area (Å²) in [6, 6.07) is 5.76. The Balaban J connectivity index is 2.37. The molecular formula is C13H19NO6S. The van der Waals surface area contributed by atoms with Crippen molar-refractivity contribution in [1.29, 1.82) is 0 Å². The van der Waals surface area contributed by atoms with E-state index in [0.717, 1.165) is 0 Å². The van der Waals surface area contributed by atoms with E-state index >= 15 is 0 Å². The van der Waals surface area contributed by atoms with Crippen LogP contribution in [0.25, 0.3) is 0 Å². The van der Waals surface area contributed by atoms with Crippen LogP contribution >= 0.6 is 0 Å². The van der Waals surface area contributed by atoms with Crippen LogP contribution in [0.4, 0.5) is 5.69 Å². The van der Waals surface area contributed by atoms with Crippen molar-refractivity contribution in [2.24, 2.45) is 0 Å². The summed E-state index contributed by atoms with van der Waals surface area (Å²) in [4.78, 5) is 0. The smallest absolute Gasteiger partial charge is 0.203 e. The van der Waals surface area contributed by atoms with Gasteiger partial charge in [-0.15, -0.1) is 0 Å². The molecule has 1 aromatic carbocycles. The van der Waals surface area contributed by atoms with E-state index in [4.69, 9.17) is 14.7 Å². The van der Waals surface area contributed by atoms with Crippen LogP contribution in [-0.4, -0.2) is 38.4 Å². The zero-order valence-corrected chi connectivity index (χ0v) is 12.7. The second kappa shape index (κ2) is 5.99. The molecule has 0 spiro atoms. The highest BCUT2D eigenvalue weighted by atomic mass is 32.2. The van der Waals surface area contributed by atoms with E-state index in [-0.39, 0.29) is 11.4 Å². The average molecular weight is 317 g/mol. The van der Waals surface area contributed by atoms with Gasteiger partial charge in [0.25, 0.3) is 0 Å². The van der Waals surface area contributed by atoms with Gasteiger partial charge in [-0.25, -0.2) is 13.6 Å². The molecular weight excluding hydrogens is 298 g/mol. The van der Waals surface area contributed by atoms with E-state index in [9.17, 15) is 13.6 Å². The van der Waals surface area contributed by atoms with E-state index < -0.39 is 26.1 Å². The third-order valence-corrected chi connectivity index (χ3v) is 5.55. The van der Waals surface area contributed by atoms with Crippen molar-refractivity contribution in [3.05, 3.63) is 35.0 Å². The third-order valence-electron chi connectivity index (χ3n) is 3.40. The summed E-state index contributed by atoms with van der Waals surface area (Å²) in [5.74, 6) is -1.36. The average Bonchev–Trinajstić information content (AvgIpc) is 2.38. The maximum atomic E-state index is 12.1. The van der Waals surface area contributed by atoms with Crippen molar-refractivity contribution in [2.45, 2.75) is 24.9 Å². The maximum Gasteiger partial charge on any atom is 0.203 e. The van der Waals surface area contributed by atoms with E-state index in [2.05, 4.69) is 0 Å². The lowest BCUT2D eigenvalue weighted by molar-refractivity contribution is -0.991. The minimum absolute atomic E-state index is 0.105. The van der Waals surface area contributed by atoms with Crippen LogP contribution in [-0.2, 0) is 19.3 Å². The predicted molar refractivity (Wildman–Crippen MR) is 74.7 cm³/mol. The number of rotatable bonds is 6. The molecule has 2 rings (SSSR count). The van der Waals surface area contributed by atoms with Gasteiger partial charge in [0, 0.05) is 25.3 Å². The zero-order chi connectivity index (χ0) is 15.7. The Morgan fingerprint density at radius 2 is 1.81 bits per heavy atom. The Kier molecular flexibility index (Phi) is 4.66. The van der Waals surface area contributed by atoms with Gasteiger partial charge in [-0.1, -0.05) is 12.1 Å². The summed E-state index contributed by atoms with van der Waals surface area (Å²) in [6.07, 6.45) is 0. The van der Waals surface area contributed by atoms with Gasteiger partial charge < -0.3 is 14.7 Å². The minimum Gasteiger partial charge on any atom is -0.595 e. The first kappa shape index (κ1) is 16.3. The molecule has 1 heterocycles. The molecule has 0 amide bonds. The summed E-state index contributed by atoms with van der Waals surface area (Å²) in [5, 5.41) is 17.8. The topological polar surface area (TPSA) is 100 Å². The van der Waals surface area contributed by atoms with Crippen molar-refractivity contribution in [3.8, 4) is 0 Å². The van der Waals surface area contributed by atoms with Crippen molar-refractivity contribution < 1.29 is 28.3 Å². The molecule has 118 valence electrons. The molecule has 1 fully saturated rings. The van der Waals surface area contributed by atoms with Gasteiger partial charge in [-0.05, 0) is 19.4 Å². The van der Waals surface area contributed by atoms with Gasteiger partial charge in [0.15, 0.2) is 15.5 Å². The maximum absolute atomic E-state index is 12.1. The van der Waals surface area contributed by atoms with Crippen LogP contribution in [0, 0.1) is 5.21 Å². The van der Waals surface area contributed by atoms with Gasteiger partial charge in [-0.3, -0.25) is 0 Å². The molecule has 0 aromatic heterocycles. The number of sulfone groups is 1. The van der Waals surface area contributed by atoms with E-state index in [1.165, 1.54) is 24.3 Å². The molecule has 1 aromatic rings. The summed E-state index contributed by atoms with van der Waals surface area (Å²) in [6.45, 7) is 4.21. The molecule has 8 heteroatoms. The van der Waals surface area contributed by atoms with Gasteiger partial charge in [0.05, 0.1) is 0 Å². The quantitative estimate of drug-likeness (QED) is 0.579. The number of nitrogens with one attached hydrogen (secondary N) is 1. The Morgan fingerprint density at radius 1 is 1.29 bits per heavy atom. The SMILES string of the molecule is CCOC1(OCC)CS(=O)(=O)C1c1ccc([NH+]([O-])O)cc1. The lowest BCUT2D eigenvalue weighted by Crippen LogP contribution is -2.99. The van der Waals surface area contributed by atoms with Crippen molar-refractivity contribution in [1.82, 2.24) is 0 Å². The Hall–Kier alpha value is -1.03. The molecule has 2 N–H and O–H groups in total. The number of hydrogen-bond donors (Lipinski definition) is 2. The van der Waals surface area contributed by atoms with Crippen LogP contribution in [0.2, 0.25) is 0 Å². The molecule has 0 saturated carbocycles. The molecule has 2 unspecified atom stereocenters. The summed E-state index contributed by atoms with van der Waals surface area (Å²) in [7, 11) is -3.36. The highest BCUT2D eigenvalue weighted by molar-refractivity contribution is 7.93. The van der Waals surface area contributed by atoms with Gasteiger partial charge in [0.2, 0.25) is 5.79 Å². The van der Waals surface area contributed by atoms with Crippen LogP contribution in [0.5, 0.6) is 0 Å². The van der Waals surface area contributed by atoms with Crippen LogP contribution < -0.4 is 5.23 Å². The highest BCUT2D eigenvalue weighted by Crippen LogP contribution is 2.48. The summed E-state index contributed by atoms with van der Waals surface area (Å²) in [5.41, 5.74) is 0.585. The zero-order valence-electron chi connectivity index (χ0n) is 11.9. The Bertz CT molecular complexity index is 577. The number of hydrogen-bond acceptors (Lipinski definition) is 6. The van der Waals surface area contributed by atoms with Gasteiger partial charge in [-0.2, -0.15) is 5.23 Å². The van der Waals surface area contributed by atoms with E-state index in [1.807, 2.05) is 0 Å². The molecule has 1 aliphatic rings. The fourth-order valence-corrected chi connectivity index (χ4v) is 4.74. The third kappa shape index (κ3) is 2.96. The largest absolute Gasteiger partial charge is 0.595 e. The predicted octanol–water partition coefficient (Wildman–Crippen LogP) is 0.329. The van der Waals surface area contributed by atoms with E-state index in [0.29, 0.717) is 18.8 Å². The standard InChI is InChI=1S/C13H19NO6S/c1-3-19-13(20-4-2)9-21(17,18)12(13)10-5-7-11(8-6-10)14(15)16/h5-8,12,14-15H,3-4,9H2,1-2H3. The molecule has 1 aliphatic heterocycles. The Labute approximate surface area is 123 Å². The fourth-order valence-electron chi connectivity index (χ4n) is 2.64. The van der Waals surface area contributed by atoms with E-state index in [1.54, 1.807) is 13.8 Å². The van der Waals surface area contributed by atoms with Gasteiger partial charge in [0.1, 0.15) is 11.0 Å². The van der Waals surface area contributed by atoms with Crippen LogP contribution in [0.3, 0.4) is 0 Å². The normalized spacial score (nSPS) is 24.3. The Morgan fingerprint density at radius 3 is 2.19 bits per heavy atom. The monoisotopic (exact) mass is 317 g/mol. The molecule has 1 saturated heterocycles. The molecule has 7 nitrogen and oxygen atoms in total. The molecule has 2 atom stereocenters. The number of quaternary nitrogens is 1. The van der Waals surface area contributed by atoms with Gasteiger partial charge >= 0.3 is 0 Å². The molecule has 0 radical (unpaired) electrons. The minimum atomic E-state index is -3.36. The van der Waals surface area contributed by atoms with Crippen molar-refractivity contribution in [2.75, 3.05) is 19.0 Å². The first-order chi connectivity index (χ1) is 9.86. The summed E-state index contributed by atoms with van der Waals surface area (Å²) < 4.78 is 35.4. The number of ether oxygens (including phenoxy) is 2. The highest BCUT2D eigenvalue weighted by Gasteiger charge is 2.61. The van der Waals surface area contributed by atoms with Crippen molar-refractivity contribution >= 4 is 15.5 Å². The molecule has 0 bridgehead atoms. The van der Waals surface area contributed by atoms with Crippen molar-refractivity contribution in [3.63, 3.8) is 0 Å². The second-order valence-electron chi connectivity index (χ2n) is 4.79. The second-order valence-corrected chi connectivity index (χ2v) is 6.88. The lowest BCUT2D eigenvalue weighted by atomic mass is 10.0. The molecule has 0 aliphatic carbocycles. The van der Waals surface area contributed by atoms with Crippen LogP contribution in [0.15, 0.2) is 24.3 Å². The summed E-state index contributed by atoms with van der Waals surface area (Å²) >= 11 is 0. The first-order valence-electron chi connectivity index (χ1n) is 6.69. The fraction of sp³-hybridized carbons (Fsp3) is 0.538. The molecule has 21 heavy (non-hydrogen) atoms. The lowest BCUT2D eigenvalue weighted by Gasteiger charge is -2.47.